The van der Waals surface area contributed by atoms with Crippen LogP contribution in [0.4, 0.5) is 10.3 Å². The van der Waals surface area contributed by atoms with Crippen LogP contribution in [0.3, 0.4) is 0 Å². The van der Waals surface area contributed by atoms with Gasteiger partial charge in [-0.25, -0.2) is 0 Å². The molecule has 0 aliphatic carbocycles. The van der Waals surface area contributed by atoms with E-state index in [-0.39, 0.29) is 24.7 Å². The number of H-pyrrole nitrogens is 2. The van der Waals surface area contributed by atoms with Crippen LogP contribution < -0.4 is 10.6 Å². The lowest BCUT2D eigenvalue weighted by Gasteiger charge is -2.01. The van der Waals surface area contributed by atoms with Gasteiger partial charge in [0.25, 0.3) is 0 Å². The third kappa shape index (κ3) is 6.82. The van der Waals surface area contributed by atoms with Gasteiger partial charge in [-0.3, -0.25) is 19.6 Å². The van der Waals surface area contributed by atoms with Gasteiger partial charge in [-0.05, 0) is 37.0 Å². The number of carbonyl (C=O) groups excluding carboxylic acids is 2. The number of amides is 2. The van der Waals surface area contributed by atoms with Gasteiger partial charge in [0.1, 0.15) is 10.0 Å². The van der Waals surface area contributed by atoms with E-state index >= 15 is 0 Å². The Bertz CT molecular complexity index is 1650. The lowest BCUT2D eigenvalue weighted by molar-refractivity contribution is -0.116. The monoisotopic (exact) mass is 576 g/mol. The number of rotatable bonds is 12. The van der Waals surface area contributed by atoms with Gasteiger partial charge in [-0.1, -0.05) is 22.7 Å². The van der Waals surface area contributed by atoms with Crippen molar-refractivity contribution in [1.29, 1.82) is 0 Å². The van der Waals surface area contributed by atoms with Crippen molar-refractivity contribution in [2.75, 3.05) is 17.7 Å². The highest BCUT2D eigenvalue weighted by Gasteiger charge is 2.14. The first-order valence-corrected chi connectivity index (χ1v) is 14.3. The number of fused-ring (bicyclic) bond motifs is 1. The maximum absolute atomic E-state index is 12.5. The summed E-state index contributed by atoms with van der Waals surface area (Å²) in [7, 11) is 1.70. The van der Waals surface area contributed by atoms with E-state index in [0.717, 1.165) is 69.0 Å². The summed E-state index contributed by atoms with van der Waals surface area (Å²) in [5, 5.41) is 26.0. The number of aliphatic imine (C=N–C) groups is 1. The molecule has 5 aromatic rings. The van der Waals surface area contributed by atoms with Gasteiger partial charge in [0.2, 0.25) is 22.1 Å². The summed E-state index contributed by atoms with van der Waals surface area (Å²) in [4.78, 5) is 39.5. The molecule has 0 spiro atoms. The van der Waals surface area contributed by atoms with Crippen molar-refractivity contribution >= 4 is 61.9 Å². The number of nitrogens with one attached hydrogen (secondary N) is 4. The molecule has 206 valence electrons. The van der Waals surface area contributed by atoms with Crippen LogP contribution in [-0.4, -0.2) is 60.4 Å². The molecule has 4 N–H and O–H groups in total. The minimum Gasteiger partial charge on any atom is -0.364 e. The van der Waals surface area contributed by atoms with Crippen molar-refractivity contribution in [3.05, 3.63) is 63.3 Å². The van der Waals surface area contributed by atoms with Crippen LogP contribution in [0, 0.1) is 6.92 Å². The van der Waals surface area contributed by atoms with Gasteiger partial charge in [-0.15, -0.1) is 20.4 Å². The second-order valence-electron chi connectivity index (χ2n) is 9.13. The molecule has 0 unspecified atom stereocenters. The molecule has 0 aliphatic rings. The zero-order chi connectivity index (χ0) is 27.9. The zero-order valence-electron chi connectivity index (χ0n) is 22.0. The second kappa shape index (κ2) is 12.7. The van der Waals surface area contributed by atoms with Crippen molar-refractivity contribution < 1.29 is 9.59 Å². The molecule has 0 saturated heterocycles. The fourth-order valence-corrected chi connectivity index (χ4v) is 5.84. The van der Waals surface area contributed by atoms with Crippen LogP contribution >= 0.6 is 22.7 Å². The van der Waals surface area contributed by atoms with Crippen LogP contribution in [0.1, 0.15) is 45.2 Å². The molecule has 12 nitrogen and oxygen atoms in total. The van der Waals surface area contributed by atoms with Gasteiger partial charge in [0.05, 0.1) is 12.8 Å². The molecule has 0 radical (unpaired) electrons. The number of hydrogen-bond acceptors (Lipinski definition) is 10. The van der Waals surface area contributed by atoms with Crippen molar-refractivity contribution in [2.45, 2.75) is 45.4 Å². The molecular weight excluding hydrogens is 548 g/mol. The zero-order valence-corrected chi connectivity index (χ0v) is 23.7. The Balaban J connectivity index is 1.03. The lowest BCUT2D eigenvalue weighted by atomic mass is 10.1. The van der Waals surface area contributed by atoms with Gasteiger partial charge in [0.15, 0.2) is 0 Å². The van der Waals surface area contributed by atoms with Gasteiger partial charge >= 0.3 is 0 Å². The van der Waals surface area contributed by atoms with Gasteiger partial charge < -0.3 is 20.6 Å². The Hall–Kier alpha value is -4.30. The minimum atomic E-state index is -0.148. The fourth-order valence-electron chi connectivity index (χ4n) is 4.25. The molecule has 0 aliphatic heterocycles. The highest BCUT2D eigenvalue weighted by atomic mass is 32.1. The maximum atomic E-state index is 12.5. The number of nitrogens with zero attached hydrogens (tertiary/aromatic N) is 6. The molecule has 40 heavy (non-hydrogen) atoms. The summed E-state index contributed by atoms with van der Waals surface area (Å²) >= 11 is 2.77. The average molecular weight is 577 g/mol. The normalized spacial score (nSPS) is 11.4. The summed E-state index contributed by atoms with van der Waals surface area (Å²) in [5.74, 6) is -0.296. The van der Waals surface area contributed by atoms with E-state index in [1.54, 1.807) is 25.7 Å². The molecule has 14 heteroatoms. The topological polar surface area (TPSA) is 167 Å². The largest absolute Gasteiger partial charge is 0.364 e. The molecule has 0 fully saturated rings. The van der Waals surface area contributed by atoms with Crippen LogP contribution in [-0.2, 0) is 35.3 Å². The Labute approximate surface area is 237 Å². The predicted octanol–water partition coefficient (Wildman–Crippen LogP) is 3.88. The Morgan fingerprint density at radius 2 is 1.55 bits per heavy atom. The van der Waals surface area contributed by atoms with E-state index < -0.39 is 0 Å². The van der Waals surface area contributed by atoms with Crippen LogP contribution in [0.25, 0.3) is 10.9 Å². The van der Waals surface area contributed by atoms with E-state index in [9.17, 15) is 9.59 Å². The molecular formula is C26H28N10O2S2. The van der Waals surface area contributed by atoms with Crippen molar-refractivity contribution in [3.8, 4) is 0 Å². The number of anilines is 2. The van der Waals surface area contributed by atoms with Crippen LogP contribution in [0.5, 0.6) is 0 Å². The minimum absolute atomic E-state index is 0.148. The van der Waals surface area contributed by atoms with Gasteiger partial charge in [-0.2, -0.15) is 0 Å². The first-order valence-electron chi connectivity index (χ1n) is 12.7. The van der Waals surface area contributed by atoms with Gasteiger partial charge in [0, 0.05) is 73.1 Å². The molecule has 5 aromatic heterocycles. The quantitative estimate of drug-likeness (QED) is 0.129. The number of aromatic amines is 2. The number of hydrogen-bond donors (Lipinski definition) is 4. The SMILES string of the molecule is CN=Cc1c(CC(=O)Nc2nnc(CCCCc3nnc(NC(=O)Cc4c[nH]c5ccncc45)s3)s2)c[nH]c1C. The summed E-state index contributed by atoms with van der Waals surface area (Å²) in [6.45, 7) is 1.95. The smallest absolute Gasteiger partial charge is 0.230 e. The Morgan fingerprint density at radius 1 is 0.925 bits per heavy atom. The Morgan fingerprint density at radius 3 is 2.20 bits per heavy atom. The molecule has 0 atom stereocenters. The molecule has 5 rings (SSSR count). The number of unbranched alkanes of at least 4 members (excludes halogenated alkanes) is 1. The van der Waals surface area contributed by atoms with E-state index in [2.05, 4.69) is 51.0 Å². The third-order valence-electron chi connectivity index (χ3n) is 6.20. The van der Waals surface area contributed by atoms with E-state index in [4.69, 9.17) is 0 Å². The third-order valence-corrected chi connectivity index (χ3v) is 8.00. The van der Waals surface area contributed by atoms with Crippen LogP contribution in [0.2, 0.25) is 0 Å². The Kier molecular flexibility index (Phi) is 8.66. The number of pyridine rings is 1. The fraction of sp³-hybridized carbons (Fsp3) is 0.308. The number of aryl methyl sites for hydroxylation is 3. The average Bonchev–Trinajstić information content (AvgIpc) is 3.73. The summed E-state index contributed by atoms with van der Waals surface area (Å²) in [6.07, 6.45) is 12.6. The lowest BCUT2D eigenvalue weighted by Crippen LogP contribution is -2.14. The highest BCUT2D eigenvalue weighted by Crippen LogP contribution is 2.22. The maximum Gasteiger partial charge on any atom is 0.230 e. The summed E-state index contributed by atoms with van der Waals surface area (Å²) in [6, 6.07) is 1.88. The number of carbonyl (C=O) groups is 2. The highest BCUT2D eigenvalue weighted by molar-refractivity contribution is 7.15. The van der Waals surface area contributed by atoms with Crippen molar-refractivity contribution in [1.82, 2.24) is 35.3 Å². The van der Waals surface area contributed by atoms with Crippen molar-refractivity contribution in [3.63, 3.8) is 0 Å². The number of aromatic nitrogens is 7. The summed E-state index contributed by atoms with van der Waals surface area (Å²) < 4.78 is 0. The molecule has 0 saturated carbocycles. The second-order valence-corrected chi connectivity index (χ2v) is 11.3. The van der Waals surface area contributed by atoms with E-state index in [1.165, 1.54) is 22.7 Å². The molecule has 0 bridgehead atoms. The van der Waals surface area contributed by atoms with E-state index in [1.807, 2.05) is 25.4 Å². The van der Waals surface area contributed by atoms with Crippen LogP contribution in [0.15, 0.2) is 35.8 Å². The molecule has 2 amide bonds. The van der Waals surface area contributed by atoms with Crippen molar-refractivity contribution in [2.24, 2.45) is 4.99 Å². The molecule has 0 aromatic carbocycles. The molecule has 5 heterocycles. The predicted molar refractivity (Wildman–Crippen MR) is 156 cm³/mol. The first kappa shape index (κ1) is 27.3. The first-order chi connectivity index (χ1) is 19.5. The van der Waals surface area contributed by atoms with E-state index in [0.29, 0.717) is 10.3 Å². The standard InChI is InChI=1S/C26H28N10O2S2/c1-15-18(13-27-2)16(11-29-15)9-21(37)31-25-35-33-23(39-25)5-3-4-6-24-34-36-26(40-24)32-22(38)10-17-12-30-20-7-8-28-14-19(17)20/h7-8,11-14,29-30H,3-6,9-10H2,1-2H3,(H,31,35,37)(H,32,36,38). The summed E-state index contributed by atoms with van der Waals surface area (Å²) in [5.41, 5.74) is 4.63.